The van der Waals surface area contributed by atoms with Gasteiger partial charge in [0.25, 0.3) is 0 Å². The van der Waals surface area contributed by atoms with Crippen LogP contribution in [0.5, 0.6) is 0 Å². The highest BCUT2D eigenvalue weighted by Gasteiger charge is 2.31. The van der Waals surface area contributed by atoms with Crippen LogP contribution in [0.1, 0.15) is 12.0 Å². The van der Waals surface area contributed by atoms with E-state index in [4.69, 9.17) is 5.11 Å². The van der Waals surface area contributed by atoms with Crippen molar-refractivity contribution >= 4 is 23.2 Å². The van der Waals surface area contributed by atoms with Gasteiger partial charge in [-0.3, -0.25) is 14.5 Å². The van der Waals surface area contributed by atoms with Crippen molar-refractivity contribution in [2.45, 2.75) is 18.9 Å². The maximum atomic E-state index is 11.7. The largest absolute Gasteiger partial charge is 0.481 e. The Hall–Kier alpha value is -1.40. The highest BCUT2D eigenvalue weighted by molar-refractivity contribution is 7.07. The Morgan fingerprint density at radius 1 is 1.61 bits per heavy atom. The van der Waals surface area contributed by atoms with Gasteiger partial charge in [0.05, 0.1) is 12.5 Å². The third kappa shape index (κ3) is 3.30. The van der Waals surface area contributed by atoms with Crippen molar-refractivity contribution in [3.8, 4) is 0 Å². The number of carbonyl (C=O) groups excluding carboxylic acids is 1. The number of carboxylic acids is 1. The van der Waals surface area contributed by atoms with Crippen LogP contribution in [0, 0.1) is 0 Å². The summed E-state index contributed by atoms with van der Waals surface area (Å²) in [5.74, 6) is -1.11. The summed E-state index contributed by atoms with van der Waals surface area (Å²) in [5.41, 5.74) is 1.24. The number of carboxylic acid groups (broad SMARTS) is 1. The van der Waals surface area contributed by atoms with Gasteiger partial charge >= 0.3 is 5.97 Å². The maximum Gasteiger partial charge on any atom is 0.305 e. The quantitative estimate of drug-likeness (QED) is 0.819. The highest BCUT2D eigenvalue weighted by Crippen LogP contribution is 2.12. The number of aliphatic carboxylic acids is 1. The molecule has 18 heavy (non-hydrogen) atoms. The first-order valence-electron chi connectivity index (χ1n) is 5.91. The van der Waals surface area contributed by atoms with Crippen molar-refractivity contribution in [3.05, 3.63) is 22.4 Å². The molecule has 0 aliphatic carbocycles. The molecule has 0 aromatic carbocycles. The third-order valence-electron chi connectivity index (χ3n) is 3.08. The molecule has 5 nitrogen and oxygen atoms in total. The van der Waals surface area contributed by atoms with E-state index in [1.54, 1.807) is 11.3 Å². The fourth-order valence-corrected chi connectivity index (χ4v) is 2.83. The van der Waals surface area contributed by atoms with Gasteiger partial charge < -0.3 is 10.4 Å². The summed E-state index contributed by atoms with van der Waals surface area (Å²) in [6.45, 7) is 2.04. The molecular formula is C12H16N2O3S. The van der Waals surface area contributed by atoms with Gasteiger partial charge in [0.15, 0.2) is 0 Å². The van der Waals surface area contributed by atoms with Gasteiger partial charge in [-0.1, -0.05) is 0 Å². The molecule has 1 aliphatic heterocycles. The van der Waals surface area contributed by atoms with Crippen molar-refractivity contribution in [1.29, 1.82) is 0 Å². The molecule has 0 spiro atoms. The Bertz CT molecular complexity index is 419. The summed E-state index contributed by atoms with van der Waals surface area (Å²) >= 11 is 1.65. The monoisotopic (exact) mass is 268 g/mol. The first-order chi connectivity index (χ1) is 8.66. The summed E-state index contributed by atoms with van der Waals surface area (Å²) in [6, 6.07) is 1.52. The maximum absolute atomic E-state index is 11.7. The van der Waals surface area contributed by atoms with Crippen molar-refractivity contribution in [2.24, 2.45) is 0 Å². The van der Waals surface area contributed by atoms with Crippen LogP contribution in [0.2, 0.25) is 0 Å². The summed E-state index contributed by atoms with van der Waals surface area (Å²) in [6.07, 6.45) is 0.725. The topological polar surface area (TPSA) is 69.6 Å². The van der Waals surface area contributed by atoms with Gasteiger partial charge in [0.1, 0.15) is 0 Å². The Kier molecular flexibility index (Phi) is 4.33. The fourth-order valence-electron chi connectivity index (χ4n) is 2.12. The second kappa shape index (κ2) is 5.97. The average Bonchev–Trinajstić information content (AvgIpc) is 2.82. The van der Waals surface area contributed by atoms with Crippen LogP contribution in [-0.2, 0) is 16.0 Å². The number of amides is 1. The van der Waals surface area contributed by atoms with Crippen LogP contribution in [0.25, 0.3) is 0 Å². The molecule has 1 amide bonds. The van der Waals surface area contributed by atoms with Crippen LogP contribution >= 0.6 is 11.3 Å². The lowest BCUT2D eigenvalue weighted by molar-refractivity contribution is -0.143. The zero-order valence-electron chi connectivity index (χ0n) is 9.96. The molecule has 1 aromatic rings. The van der Waals surface area contributed by atoms with Crippen LogP contribution in [0.3, 0.4) is 0 Å². The van der Waals surface area contributed by atoms with E-state index < -0.39 is 12.0 Å². The molecule has 2 N–H and O–H groups in total. The lowest BCUT2D eigenvalue weighted by atomic mass is 10.1. The molecule has 0 bridgehead atoms. The van der Waals surface area contributed by atoms with E-state index in [0.29, 0.717) is 13.1 Å². The molecule has 6 heteroatoms. The molecule has 1 fully saturated rings. The van der Waals surface area contributed by atoms with E-state index in [9.17, 15) is 9.59 Å². The third-order valence-corrected chi connectivity index (χ3v) is 3.81. The fraction of sp³-hybridized carbons (Fsp3) is 0.500. The van der Waals surface area contributed by atoms with E-state index in [1.807, 2.05) is 10.3 Å². The molecule has 1 aromatic heterocycles. The molecule has 2 rings (SSSR count). The molecule has 98 valence electrons. The van der Waals surface area contributed by atoms with E-state index in [-0.39, 0.29) is 12.3 Å². The van der Waals surface area contributed by atoms with Crippen LogP contribution in [0.4, 0.5) is 0 Å². The van der Waals surface area contributed by atoms with Gasteiger partial charge in [-0.05, 0) is 28.8 Å². The van der Waals surface area contributed by atoms with Crippen molar-refractivity contribution in [1.82, 2.24) is 10.2 Å². The minimum Gasteiger partial charge on any atom is -0.481 e. The van der Waals surface area contributed by atoms with Crippen LogP contribution in [-0.4, -0.2) is 47.6 Å². The zero-order chi connectivity index (χ0) is 13.0. The van der Waals surface area contributed by atoms with Gasteiger partial charge in [-0.25, -0.2) is 0 Å². The van der Waals surface area contributed by atoms with Crippen LogP contribution in [0.15, 0.2) is 16.8 Å². The van der Waals surface area contributed by atoms with Crippen molar-refractivity contribution in [2.75, 3.05) is 19.6 Å². The first kappa shape index (κ1) is 13.0. The van der Waals surface area contributed by atoms with E-state index in [2.05, 4.69) is 16.8 Å². The molecule has 0 radical (unpaired) electrons. The predicted octanol–water partition coefficient (Wildman–Crippen LogP) is 0.566. The molecular weight excluding hydrogens is 252 g/mol. The Balaban J connectivity index is 1.94. The first-order valence-corrected chi connectivity index (χ1v) is 6.85. The average molecular weight is 268 g/mol. The van der Waals surface area contributed by atoms with E-state index in [1.165, 1.54) is 5.56 Å². The highest BCUT2D eigenvalue weighted by atomic mass is 32.1. The molecule has 2 heterocycles. The zero-order valence-corrected chi connectivity index (χ0v) is 10.8. The number of nitrogens with one attached hydrogen (secondary N) is 1. The number of hydrogen-bond donors (Lipinski definition) is 2. The molecule has 1 unspecified atom stereocenters. The SMILES string of the molecule is O=C(O)CC1C(=O)NCCN1CCc1ccsc1. The second-order valence-corrected chi connectivity index (χ2v) is 5.10. The standard InChI is InChI=1S/C12H16N2O3S/c15-11(16)7-10-12(17)13-3-5-14(10)4-1-9-2-6-18-8-9/h2,6,8,10H,1,3-5,7H2,(H,13,17)(H,15,16). The van der Waals surface area contributed by atoms with Crippen molar-refractivity contribution in [3.63, 3.8) is 0 Å². The predicted molar refractivity (Wildman–Crippen MR) is 68.6 cm³/mol. The number of thiophene rings is 1. The van der Waals surface area contributed by atoms with Gasteiger partial charge in [-0.15, -0.1) is 0 Å². The molecule has 1 atom stereocenters. The van der Waals surface area contributed by atoms with Gasteiger partial charge in [0, 0.05) is 19.6 Å². The van der Waals surface area contributed by atoms with E-state index in [0.717, 1.165) is 13.0 Å². The van der Waals surface area contributed by atoms with Crippen molar-refractivity contribution < 1.29 is 14.7 Å². The van der Waals surface area contributed by atoms with Gasteiger partial charge in [0.2, 0.25) is 5.91 Å². The van der Waals surface area contributed by atoms with E-state index >= 15 is 0 Å². The summed E-state index contributed by atoms with van der Waals surface area (Å²) in [4.78, 5) is 24.4. The Morgan fingerprint density at radius 3 is 3.11 bits per heavy atom. The summed E-state index contributed by atoms with van der Waals surface area (Å²) < 4.78 is 0. The number of rotatable bonds is 5. The number of nitrogens with zero attached hydrogens (tertiary/aromatic N) is 1. The molecule has 1 saturated heterocycles. The number of hydrogen-bond acceptors (Lipinski definition) is 4. The lowest BCUT2D eigenvalue weighted by Gasteiger charge is -2.34. The molecule has 1 aliphatic rings. The lowest BCUT2D eigenvalue weighted by Crippen LogP contribution is -2.56. The number of piperazine rings is 1. The van der Waals surface area contributed by atoms with Gasteiger partial charge in [-0.2, -0.15) is 11.3 Å². The normalized spacial score (nSPS) is 20.7. The van der Waals surface area contributed by atoms with Crippen LogP contribution < -0.4 is 5.32 Å². The minimum absolute atomic E-state index is 0.129. The Morgan fingerprint density at radius 2 is 2.44 bits per heavy atom. The Labute approximate surface area is 109 Å². The number of carbonyl (C=O) groups is 2. The smallest absolute Gasteiger partial charge is 0.305 e. The summed E-state index contributed by atoms with van der Waals surface area (Å²) in [7, 11) is 0. The second-order valence-electron chi connectivity index (χ2n) is 4.32. The molecule has 0 saturated carbocycles. The summed E-state index contributed by atoms with van der Waals surface area (Å²) in [5, 5.41) is 15.7. The minimum atomic E-state index is -0.933.